The van der Waals surface area contributed by atoms with Crippen molar-refractivity contribution in [3.63, 3.8) is 0 Å². The summed E-state index contributed by atoms with van der Waals surface area (Å²) in [6.07, 6.45) is 3.22. The fourth-order valence-electron chi connectivity index (χ4n) is 2.41. The quantitative estimate of drug-likeness (QED) is 0.252. The van der Waals surface area contributed by atoms with Gasteiger partial charge in [-0.3, -0.25) is 19.7 Å². The van der Waals surface area contributed by atoms with E-state index in [2.05, 4.69) is 16.0 Å². The fourth-order valence-corrected chi connectivity index (χ4v) is 2.41. The molecule has 0 atom stereocenters. The van der Waals surface area contributed by atoms with Gasteiger partial charge in [-0.15, -0.1) is 0 Å². The highest BCUT2D eigenvalue weighted by atomic mass is 16.6. The van der Waals surface area contributed by atoms with E-state index < -0.39 is 16.7 Å². The van der Waals surface area contributed by atoms with E-state index in [4.69, 9.17) is 0 Å². The van der Waals surface area contributed by atoms with Crippen molar-refractivity contribution in [2.75, 3.05) is 17.2 Å². The second kappa shape index (κ2) is 7.12. The number of nitro benzene ring substituents is 1. The Morgan fingerprint density at radius 1 is 1.25 bits per heavy atom. The molecule has 0 bridgehead atoms. The minimum Gasteiger partial charge on any atom is -0.390 e. The molecule has 1 heterocycles. The average Bonchev–Trinajstić information content (AvgIpc) is 2.61. The third-order valence-corrected chi connectivity index (χ3v) is 3.89. The number of carbonyl (C=O) groups excluding carboxylic acids is 2. The number of amides is 2. The van der Waals surface area contributed by atoms with E-state index in [0.29, 0.717) is 17.7 Å². The molecular formula is C16H20N4O4. The molecule has 1 aromatic rings. The Kier molecular flexibility index (Phi) is 5.18. The number of nitrogens with one attached hydrogen (secondary N) is 3. The van der Waals surface area contributed by atoms with Crippen LogP contribution in [0.2, 0.25) is 0 Å². The van der Waals surface area contributed by atoms with E-state index >= 15 is 0 Å². The standard InChI is InChI=1S/C16H20N4O4/c1-4-5-6-17-8-11-15(21)18-12-7-9(2)10(3)14(20(23)24)13(12)19-16(11)22/h7-8,17H,4-6H2,1-3H3,(H,18,21)(H,19,22). The van der Waals surface area contributed by atoms with E-state index in [0.717, 1.165) is 12.8 Å². The number of hydrogen-bond acceptors (Lipinski definition) is 5. The first-order valence-corrected chi connectivity index (χ1v) is 7.71. The lowest BCUT2D eigenvalue weighted by Gasteiger charge is -2.11. The van der Waals surface area contributed by atoms with Gasteiger partial charge < -0.3 is 16.0 Å². The molecular weight excluding hydrogens is 312 g/mol. The zero-order chi connectivity index (χ0) is 17.9. The lowest BCUT2D eigenvalue weighted by molar-refractivity contribution is -0.384. The largest absolute Gasteiger partial charge is 0.390 e. The van der Waals surface area contributed by atoms with Gasteiger partial charge in [0.1, 0.15) is 11.3 Å². The minimum atomic E-state index is -0.679. The van der Waals surface area contributed by atoms with Gasteiger partial charge in [0.25, 0.3) is 17.5 Å². The number of aryl methyl sites for hydroxylation is 1. The number of rotatable bonds is 5. The molecule has 8 nitrogen and oxygen atoms in total. The number of anilines is 2. The van der Waals surface area contributed by atoms with Crippen LogP contribution in [-0.4, -0.2) is 23.3 Å². The zero-order valence-electron chi connectivity index (χ0n) is 13.9. The summed E-state index contributed by atoms with van der Waals surface area (Å²) in [7, 11) is 0. The molecule has 8 heteroatoms. The minimum absolute atomic E-state index is 0.0124. The molecule has 3 N–H and O–H groups in total. The first-order chi connectivity index (χ1) is 11.4. The molecule has 2 rings (SSSR count). The fraction of sp³-hybridized carbons (Fsp3) is 0.375. The van der Waals surface area contributed by atoms with Crippen LogP contribution in [0.4, 0.5) is 17.1 Å². The van der Waals surface area contributed by atoms with Gasteiger partial charge in [-0.2, -0.15) is 0 Å². The van der Waals surface area contributed by atoms with Gasteiger partial charge in [-0.05, 0) is 31.9 Å². The number of benzene rings is 1. The lowest BCUT2D eigenvalue weighted by atomic mass is 10.0. The Hall–Kier alpha value is -2.90. The number of fused-ring (bicyclic) bond motifs is 1. The Morgan fingerprint density at radius 3 is 2.54 bits per heavy atom. The predicted molar refractivity (Wildman–Crippen MR) is 90.8 cm³/mol. The molecule has 0 aliphatic carbocycles. The number of hydrogen-bond donors (Lipinski definition) is 3. The van der Waals surface area contributed by atoms with E-state index in [1.807, 2.05) is 6.92 Å². The van der Waals surface area contributed by atoms with Crippen LogP contribution in [0.15, 0.2) is 17.8 Å². The summed E-state index contributed by atoms with van der Waals surface area (Å²) in [4.78, 5) is 35.4. The molecule has 128 valence electrons. The van der Waals surface area contributed by atoms with Crippen LogP contribution in [0.1, 0.15) is 30.9 Å². The van der Waals surface area contributed by atoms with Gasteiger partial charge in [0.15, 0.2) is 0 Å². The molecule has 1 aliphatic rings. The van der Waals surface area contributed by atoms with Crippen molar-refractivity contribution >= 4 is 28.9 Å². The van der Waals surface area contributed by atoms with Gasteiger partial charge in [0.05, 0.1) is 10.6 Å². The van der Waals surface area contributed by atoms with E-state index in [1.54, 1.807) is 19.9 Å². The molecule has 0 aromatic heterocycles. The maximum Gasteiger partial charge on any atom is 0.298 e. The van der Waals surface area contributed by atoms with E-state index in [1.165, 1.54) is 6.20 Å². The Morgan fingerprint density at radius 2 is 1.92 bits per heavy atom. The third-order valence-electron chi connectivity index (χ3n) is 3.89. The van der Waals surface area contributed by atoms with Crippen LogP contribution in [-0.2, 0) is 9.59 Å². The Labute approximate surface area is 139 Å². The molecule has 0 saturated heterocycles. The molecule has 0 spiro atoms. The number of nitrogens with zero attached hydrogens (tertiary/aromatic N) is 1. The monoisotopic (exact) mass is 332 g/mol. The topological polar surface area (TPSA) is 113 Å². The molecule has 24 heavy (non-hydrogen) atoms. The number of carbonyl (C=O) groups is 2. The maximum atomic E-state index is 12.3. The summed E-state index contributed by atoms with van der Waals surface area (Å²) in [6.45, 7) is 5.98. The van der Waals surface area contributed by atoms with Crippen molar-refractivity contribution in [2.24, 2.45) is 0 Å². The van der Waals surface area contributed by atoms with Crippen molar-refractivity contribution in [3.05, 3.63) is 39.1 Å². The van der Waals surface area contributed by atoms with Gasteiger partial charge in [-0.1, -0.05) is 13.3 Å². The summed E-state index contributed by atoms with van der Waals surface area (Å²) < 4.78 is 0. The molecule has 1 aliphatic heterocycles. The Balaban J connectivity index is 2.43. The predicted octanol–water partition coefficient (Wildman–Crippen LogP) is 2.38. The third kappa shape index (κ3) is 3.37. The second-order valence-electron chi connectivity index (χ2n) is 5.62. The second-order valence-corrected chi connectivity index (χ2v) is 5.62. The Bertz CT molecular complexity index is 740. The summed E-state index contributed by atoms with van der Waals surface area (Å²) in [5.41, 5.74) is 1.01. The molecule has 0 saturated carbocycles. The van der Waals surface area contributed by atoms with E-state index in [-0.39, 0.29) is 22.6 Å². The SMILES string of the molecule is CCCCNC=C1C(=O)Nc2cc(C)c(C)c([N+](=O)[O-])c2NC1=O. The highest BCUT2D eigenvalue weighted by Gasteiger charge is 2.31. The molecule has 0 radical (unpaired) electrons. The highest BCUT2D eigenvalue weighted by molar-refractivity contribution is 6.29. The summed E-state index contributed by atoms with van der Waals surface area (Å²) in [6, 6.07) is 1.61. The maximum absolute atomic E-state index is 12.3. The molecule has 1 aromatic carbocycles. The van der Waals surface area contributed by atoms with Crippen LogP contribution in [0, 0.1) is 24.0 Å². The first-order valence-electron chi connectivity index (χ1n) is 7.71. The summed E-state index contributed by atoms with van der Waals surface area (Å²) in [5.74, 6) is -1.28. The molecule has 0 unspecified atom stereocenters. The molecule has 0 fully saturated rings. The van der Waals surface area contributed by atoms with Gasteiger partial charge in [0, 0.05) is 18.3 Å². The first kappa shape index (κ1) is 17.5. The van der Waals surface area contributed by atoms with Crippen molar-refractivity contribution in [3.8, 4) is 0 Å². The van der Waals surface area contributed by atoms with Gasteiger partial charge in [-0.25, -0.2) is 0 Å². The molecule has 2 amide bonds. The van der Waals surface area contributed by atoms with E-state index in [9.17, 15) is 19.7 Å². The summed E-state index contributed by atoms with van der Waals surface area (Å²) in [5, 5.41) is 19.4. The zero-order valence-corrected chi connectivity index (χ0v) is 13.9. The smallest absolute Gasteiger partial charge is 0.298 e. The normalized spacial score (nSPS) is 15.4. The summed E-state index contributed by atoms with van der Waals surface area (Å²) >= 11 is 0. The van der Waals surface area contributed by atoms with Crippen LogP contribution in [0.5, 0.6) is 0 Å². The van der Waals surface area contributed by atoms with Gasteiger partial charge >= 0.3 is 0 Å². The van der Waals surface area contributed by atoms with Crippen molar-refractivity contribution in [1.82, 2.24) is 5.32 Å². The highest BCUT2D eigenvalue weighted by Crippen LogP contribution is 2.39. The van der Waals surface area contributed by atoms with Crippen LogP contribution in [0.3, 0.4) is 0 Å². The van der Waals surface area contributed by atoms with Crippen LogP contribution >= 0.6 is 0 Å². The number of nitro groups is 1. The van der Waals surface area contributed by atoms with Gasteiger partial charge in [0.2, 0.25) is 0 Å². The average molecular weight is 332 g/mol. The lowest BCUT2D eigenvalue weighted by Crippen LogP contribution is -2.24. The van der Waals surface area contributed by atoms with Crippen LogP contribution in [0.25, 0.3) is 0 Å². The number of unbranched alkanes of at least 4 members (excludes halogenated alkanes) is 1. The van der Waals surface area contributed by atoms with Crippen LogP contribution < -0.4 is 16.0 Å². The van der Waals surface area contributed by atoms with Crippen molar-refractivity contribution in [1.29, 1.82) is 0 Å². The van der Waals surface area contributed by atoms with Crippen molar-refractivity contribution in [2.45, 2.75) is 33.6 Å². The van der Waals surface area contributed by atoms with Crippen molar-refractivity contribution < 1.29 is 14.5 Å².